The molecule has 0 aliphatic heterocycles. The molecule has 0 saturated heterocycles. The molecule has 8 nitrogen and oxygen atoms in total. The van der Waals surface area contributed by atoms with E-state index in [-0.39, 0.29) is 18.9 Å². The summed E-state index contributed by atoms with van der Waals surface area (Å²) in [6.45, 7) is 5.28. The average molecular weight is 630 g/mol. The summed E-state index contributed by atoms with van der Waals surface area (Å²) in [5.74, 6) is -0.814. The van der Waals surface area contributed by atoms with Crippen LogP contribution in [0.4, 0.5) is 5.69 Å². The molecule has 0 spiro atoms. The molecule has 3 aromatic carbocycles. The van der Waals surface area contributed by atoms with E-state index in [4.69, 9.17) is 0 Å². The first-order valence-corrected chi connectivity index (χ1v) is 15.1. The van der Waals surface area contributed by atoms with E-state index in [1.807, 2.05) is 75.4 Å². The van der Waals surface area contributed by atoms with Crippen LogP contribution in [-0.4, -0.2) is 61.7 Å². The molecule has 0 aliphatic carbocycles. The van der Waals surface area contributed by atoms with Crippen molar-refractivity contribution >= 4 is 43.6 Å². The van der Waals surface area contributed by atoms with Gasteiger partial charge >= 0.3 is 10.2 Å². The standard InChI is InChI=1S/C30H37BrN4O4S/c1-30(2,3)32-29(37)27(20-23-12-8-6-9-13-23)34(21-24-16-18-25(31)19-17-24)28(36)22-35(40(38,39)33(4)5)26-14-10-7-11-15-26/h6-19,27H,20-22H2,1-5H3,(H,32,37)/t27-/m0/s1. The van der Waals surface area contributed by atoms with E-state index in [1.165, 1.54) is 19.0 Å². The van der Waals surface area contributed by atoms with Crippen LogP contribution in [-0.2, 0) is 32.8 Å². The molecule has 0 unspecified atom stereocenters. The molecule has 0 bridgehead atoms. The van der Waals surface area contributed by atoms with Crippen LogP contribution in [0.25, 0.3) is 0 Å². The Bertz CT molecular complexity index is 1380. The zero-order valence-corrected chi connectivity index (χ0v) is 25.9. The number of rotatable bonds is 11. The van der Waals surface area contributed by atoms with Crippen LogP contribution in [0.2, 0.25) is 0 Å². The molecule has 1 N–H and O–H groups in total. The highest BCUT2D eigenvalue weighted by atomic mass is 79.9. The van der Waals surface area contributed by atoms with Crippen LogP contribution in [0.15, 0.2) is 89.4 Å². The second kappa shape index (κ2) is 13.4. The summed E-state index contributed by atoms with van der Waals surface area (Å²) in [5.41, 5.74) is 1.50. The summed E-state index contributed by atoms with van der Waals surface area (Å²) in [4.78, 5) is 29.4. The molecule has 0 fully saturated rings. The number of amides is 2. The Morgan fingerprint density at radius 1 is 0.850 bits per heavy atom. The predicted octanol–water partition coefficient (Wildman–Crippen LogP) is 4.62. The van der Waals surface area contributed by atoms with Gasteiger partial charge in [-0.3, -0.25) is 9.59 Å². The van der Waals surface area contributed by atoms with Crippen molar-refractivity contribution in [3.8, 4) is 0 Å². The number of para-hydroxylation sites is 1. The summed E-state index contributed by atoms with van der Waals surface area (Å²) in [5, 5.41) is 3.02. The van der Waals surface area contributed by atoms with Gasteiger partial charge in [-0.25, -0.2) is 4.31 Å². The van der Waals surface area contributed by atoms with E-state index < -0.39 is 34.2 Å². The Labute approximate surface area is 246 Å². The molecule has 0 aromatic heterocycles. The minimum Gasteiger partial charge on any atom is -0.350 e. The van der Waals surface area contributed by atoms with Crippen LogP contribution in [0.1, 0.15) is 31.9 Å². The van der Waals surface area contributed by atoms with Crippen molar-refractivity contribution in [2.45, 2.75) is 45.3 Å². The summed E-state index contributed by atoms with van der Waals surface area (Å²) in [6.07, 6.45) is 0.261. The maximum atomic E-state index is 14.2. The second-order valence-corrected chi connectivity index (χ2v) is 13.7. The van der Waals surface area contributed by atoms with Gasteiger partial charge in [-0.05, 0) is 56.2 Å². The van der Waals surface area contributed by atoms with E-state index >= 15 is 0 Å². The van der Waals surface area contributed by atoms with Crippen LogP contribution >= 0.6 is 15.9 Å². The van der Waals surface area contributed by atoms with E-state index in [9.17, 15) is 18.0 Å². The van der Waals surface area contributed by atoms with Crippen molar-refractivity contribution in [3.05, 3.63) is 101 Å². The van der Waals surface area contributed by atoms with Crippen LogP contribution in [0.5, 0.6) is 0 Å². The number of hydrogen-bond donors (Lipinski definition) is 1. The molecule has 40 heavy (non-hydrogen) atoms. The van der Waals surface area contributed by atoms with Crippen molar-refractivity contribution in [2.75, 3.05) is 24.9 Å². The first-order valence-electron chi connectivity index (χ1n) is 12.9. The smallest absolute Gasteiger partial charge is 0.304 e. The van der Waals surface area contributed by atoms with Gasteiger partial charge in [-0.15, -0.1) is 0 Å². The first kappa shape index (κ1) is 31.3. The summed E-state index contributed by atoms with van der Waals surface area (Å²) >= 11 is 3.44. The molecule has 214 valence electrons. The lowest BCUT2D eigenvalue weighted by Gasteiger charge is -2.35. The Morgan fingerprint density at radius 2 is 1.40 bits per heavy atom. The van der Waals surface area contributed by atoms with E-state index in [1.54, 1.807) is 30.3 Å². The van der Waals surface area contributed by atoms with Gasteiger partial charge in [-0.2, -0.15) is 12.7 Å². The third kappa shape index (κ3) is 8.64. The van der Waals surface area contributed by atoms with Crippen molar-refractivity contribution in [3.63, 3.8) is 0 Å². The number of nitrogens with zero attached hydrogens (tertiary/aromatic N) is 3. The summed E-state index contributed by atoms with van der Waals surface area (Å²) in [7, 11) is -1.18. The van der Waals surface area contributed by atoms with Crippen molar-refractivity contribution < 1.29 is 18.0 Å². The highest BCUT2D eigenvalue weighted by Gasteiger charge is 2.35. The van der Waals surface area contributed by atoms with E-state index in [0.29, 0.717) is 5.69 Å². The zero-order chi connectivity index (χ0) is 29.5. The summed E-state index contributed by atoms with van der Waals surface area (Å²) in [6, 6.07) is 24.6. The molecule has 10 heteroatoms. The number of anilines is 1. The highest BCUT2D eigenvalue weighted by molar-refractivity contribution is 9.10. The third-order valence-electron chi connectivity index (χ3n) is 6.10. The van der Waals surface area contributed by atoms with Crippen molar-refractivity contribution in [1.29, 1.82) is 0 Å². The number of halogens is 1. The largest absolute Gasteiger partial charge is 0.350 e. The first-order chi connectivity index (χ1) is 18.8. The molecular formula is C30H37BrN4O4S. The van der Waals surface area contributed by atoms with Crippen molar-refractivity contribution in [1.82, 2.24) is 14.5 Å². The van der Waals surface area contributed by atoms with Gasteiger partial charge in [0.2, 0.25) is 11.8 Å². The Kier molecular flexibility index (Phi) is 10.5. The summed E-state index contributed by atoms with van der Waals surface area (Å²) < 4.78 is 29.8. The number of nitrogens with one attached hydrogen (secondary N) is 1. The monoisotopic (exact) mass is 628 g/mol. The van der Waals surface area contributed by atoms with Gasteiger partial charge in [0.1, 0.15) is 12.6 Å². The van der Waals surface area contributed by atoms with E-state index in [2.05, 4.69) is 21.2 Å². The van der Waals surface area contributed by atoms with Gasteiger partial charge in [-0.1, -0.05) is 76.6 Å². The second-order valence-electron chi connectivity index (χ2n) is 10.7. The minimum atomic E-state index is -4.02. The van der Waals surface area contributed by atoms with Gasteiger partial charge in [0.25, 0.3) is 0 Å². The normalized spacial score (nSPS) is 12.6. The maximum Gasteiger partial charge on any atom is 0.304 e. The number of carbonyl (C=O) groups is 2. The quantitative estimate of drug-likeness (QED) is 0.336. The fraction of sp³-hybridized carbons (Fsp3) is 0.333. The maximum absolute atomic E-state index is 14.2. The van der Waals surface area contributed by atoms with E-state index in [0.717, 1.165) is 24.2 Å². The Morgan fingerprint density at radius 3 is 1.93 bits per heavy atom. The Hall–Kier alpha value is -3.21. The Balaban J connectivity index is 2.09. The molecule has 2 amide bonds. The lowest BCUT2D eigenvalue weighted by molar-refractivity contribution is -0.140. The topological polar surface area (TPSA) is 90.0 Å². The molecule has 0 heterocycles. The lowest BCUT2D eigenvalue weighted by atomic mass is 10.0. The zero-order valence-electron chi connectivity index (χ0n) is 23.5. The molecule has 0 saturated carbocycles. The van der Waals surface area contributed by atoms with Gasteiger partial charge in [0, 0.05) is 37.1 Å². The van der Waals surface area contributed by atoms with Crippen LogP contribution in [0, 0.1) is 0 Å². The van der Waals surface area contributed by atoms with Crippen LogP contribution in [0.3, 0.4) is 0 Å². The number of hydrogen-bond acceptors (Lipinski definition) is 4. The SMILES string of the molecule is CN(C)S(=O)(=O)N(CC(=O)N(Cc1ccc(Br)cc1)[C@@H](Cc1ccccc1)C(=O)NC(C)(C)C)c1ccccc1. The third-order valence-corrected chi connectivity index (χ3v) is 8.45. The molecule has 1 atom stereocenters. The average Bonchev–Trinajstić information content (AvgIpc) is 2.90. The number of carbonyl (C=O) groups excluding carboxylic acids is 2. The fourth-order valence-corrected chi connectivity index (χ4v) is 5.42. The molecule has 3 rings (SSSR count). The van der Waals surface area contributed by atoms with Crippen LogP contribution < -0.4 is 9.62 Å². The van der Waals surface area contributed by atoms with Gasteiger partial charge in [0.05, 0.1) is 5.69 Å². The molecular weight excluding hydrogens is 592 g/mol. The number of benzene rings is 3. The molecule has 0 radical (unpaired) electrons. The fourth-order valence-electron chi connectivity index (χ4n) is 4.10. The van der Waals surface area contributed by atoms with Gasteiger partial charge in [0.15, 0.2) is 0 Å². The van der Waals surface area contributed by atoms with Gasteiger partial charge < -0.3 is 10.2 Å². The minimum absolute atomic E-state index is 0.117. The predicted molar refractivity (Wildman–Crippen MR) is 163 cm³/mol. The highest BCUT2D eigenvalue weighted by Crippen LogP contribution is 2.22. The molecule has 3 aromatic rings. The molecule has 0 aliphatic rings. The van der Waals surface area contributed by atoms with Crippen molar-refractivity contribution in [2.24, 2.45) is 0 Å². The lowest BCUT2D eigenvalue weighted by Crippen LogP contribution is -2.56.